The Balaban J connectivity index is 1.85. The Kier molecular flexibility index (Phi) is 4.73. The van der Waals surface area contributed by atoms with Gasteiger partial charge < -0.3 is 19.5 Å². The van der Waals surface area contributed by atoms with E-state index in [-0.39, 0.29) is 11.8 Å². The van der Waals surface area contributed by atoms with Crippen LogP contribution in [0.1, 0.15) is 30.4 Å². The minimum atomic E-state index is -0.941. The van der Waals surface area contributed by atoms with Gasteiger partial charge in [-0.15, -0.1) is 0 Å². The number of hydrogen-bond acceptors (Lipinski definition) is 4. The molecule has 0 aromatic heterocycles. The van der Waals surface area contributed by atoms with Crippen molar-refractivity contribution >= 4 is 5.91 Å². The molecule has 3 rings (SSSR count). The summed E-state index contributed by atoms with van der Waals surface area (Å²) in [6.45, 7) is 1.77. The molecule has 128 valence electrons. The van der Waals surface area contributed by atoms with Gasteiger partial charge in [0, 0.05) is 20.0 Å². The lowest BCUT2D eigenvalue weighted by atomic mass is 9.92. The molecule has 24 heavy (non-hydrogen) atoms. The van der Waals surface area contributed by atoms with E-state index in [0.717, 1.165) is 12.8 Å². The molecule has 0 spiro atoms. The fourth-order valence-electron chi connectivity index (χ4n) is 3.20. The van der Waals surface area contributed by atoms with Crippen LogP contribution in [0, 0.1) is 0 Å². The number of ether oxygens (including phenoxy) is 2. The standard InChI is InChI=1S/C19H23NO4/c1-12-10-17(24-19(12)22)23-11-16(18(21)20(2)3)15-9-8-13-6-4-5-7-14(13)15/h4-7,10-11,15,17,19,22H,8-9H2,1-3H3/b16-11-. The Morgan fingerprint density at radius 3 is 2.79 bits per heavy atom. The largest absolute Gasteiger partial charge is 0.468 e. The molecule has 0 fully saturated rings. The molecule has 1 heterocycles. The molecular weight excluding hydrogens is 306 g/mol. The van der Waals surface area contributed by atoms with Gasteiger partial charge >= 0.3 is 0 Å². The van der Waals surface area contributed by atoms with E-state index >= 15 is 0 Å². The molecule has 5 heteroatoms. The van der Waals surface area contributed by atoms with Crippen LogP contribution >= 0.6 is 0 Å². The first kappa shape index (κ1) is 16.7. The number of aliphatic hydroxyl groups excluding tert-OH is 1. The Morgan fingerprint density at radius 2 is 2.12 bits per heavy atom. The van der Waals surface area contributed by atoms with Gasteiger partial charge in [-0.25, -0.2) is 0 Å². The van der Waals surface area contributed by atoms with Crippen molar-refractivity contribution in [3.05, 3.63) is 58.9 Å². The molecule has 2 aliphatic rings. The third-order valence-corrected chi connectivity index (χ3v) is 4.54. The maximum Gasteiger partial charge on any atom is 0.252 e. The monoisotopic (exact) mass is 329 g/mol. The SMILES string of the molecule is CC1=CC(O/C=C(\C(=O)N(C)C)C2CCc3ccccc32)OC1O. The Labute approximate surface area is 142 Å². The third-order valence-electron chi connectivity index (χ3n) is 4.54. The number of benzene rings is 1. The molecule has 1 aromatic carbocycles. The first-order valence-electron chi connectivity index (χ1n) is 8.14. The highest BCUT2D eigenvalue weighted by molar-refractivity contribution is 5.94. The summed E-state index contributed by atoms with van der Waals surface area (Å²) in [6, 6.07) is 8.20. The number of fused-ring (bicyclic) bond motifs is 1. The average Bonchev–Trinajstić information content (AvgIpc) is 3.11. The number of hydrogen-bond donors (Lipinski definition) is 1. The molecular formula is C19H23NO4. The topological polar surface area (TPSA) is 59.0 Å². The van der Waals surface area contributed by atoms with E-state index in [2.05, 4.69) is 12.1 Å². The molecule has 1 aromatic rings. The second-order valence-electron chi connectivity index (χ2n) is 6.47. The fourth-order valence-corrected chi connectivity index (χ4v) is 3.20. The molecule has 1 amide bonds. The molecule has 3 unspecified atom stereocenters. The van der Waals surface area contributed by atoms with Crippen LogP contribution in [-0.2, 0) is 20.7 Å². The number of carbonyl (C=O) groups excluding carboxylic acids is 1. The van der Waals surface area contributed by atoms with Crippen molar-refractivity contribution in [1.82, 2.24) is 4.90 Å². The van der Waals surface area contributed by atoms with E-state index in [9.17, 15) is 9.90 Å². The van der Waals surface area contributed by atoms with Gasteiger partial charge in [0.05, 0.1) is 11.8 Å². The van der Waals surface area contributed by atoms with Crippen LogP contribution in [0.2, 0.25) is 0 Å². The highest BCUT2D eigenvalue weighted by Crippen LogP contribution is 2.38. The van der Waals surface area contributed by atoms with E-state index < -0.39 is 12.6 Å². The summed E-state index contributed by atoms with van der Waals surface area (Å²) in [5.41, 5.74) is 3.78. The Bertz CT molecular complexity index is 692. The number of amides is 1. The van der Waals surface area contributed by atoms with Gasteiger partial charge in [0.25, 0.3) is 5.91 Å². The van der Waals surface area contributed by atoms with Gasteiger partial charge in [-0.3, -0.25) is 4.79 Å². The Morgan fingerprint density at radius 1 is 1.38 bits per heavy atom. The van der Waals surface area contributed by atoms with E-state index in [1.165, 1.54) is 17.4 Å². The van der Waals surface area contributed by atoms with Crippen molar-refractivity contribution in [2.45, 2.75) is 38.3 Å². The third kappa shape index (κ3) is 3.23. The summed E-state index contributed by atoms with van der Waals surface area (Å²) in [7, 11) is 3.47. The van der Waals surface area contributed by atoms with E-state index in [0.29, 0.717) is 11.1 Å². The van der Waals surface area contributed by atoms with Gasteiger partial charge in [0.1, 0.15) is 0 Å². The number of aliphatic hydroxyl groups is 1. The van der Waals surface area contributed by atoms with Crippen LogP contribution in [0.3, 0.4) is 0 Å². The van der Waals surface area contributed by atoms with E-state index in [4.69, 9.17) is 9.47 Å². The smallest absolute Gasteiger partial charge is 0.252 e. The normalized spacial score (nSPS) is 26.1. The van der Waals surface area contributed by atoms with Crippen LogP contribution in [0.15, 0.2) is 47.7 Å². The number of nitrogens with zero attached hydrogens (tertiary/aromatic N) is 1. The molecule has 0 saturated heterocycles. The summed E-state index contributed by atoms with van der Waals surface area (Å²) in [4.78, 5) is 14.2. The van der Waals surface area contributed by atoms with Crippen LogP contribution in [0.4, 0.5) is 0 Å². The molecule has 3 atom stereocenters. The summed E-state index contributed by atoms with van der Waals surface area (Å²) in [5, 5.41) is 9.61. The van der Waals surface area contributed by atoms with Gasteiger partial charge in [-0.1, -0.05) is 24.3 Å². The van der Waals surface area contributed by atoms with Crippen molar-refractivity contribution in [2.75, 3.05) is 14.1 Å². The molecule has 1 aliphatic carbocycles. The van der Waals surface area contributed by atoms with Crippen LogP contribution in [-0.4, -0.2) is 42.6 Å². The second-order valence-corrected chi connectivity index (χ2v) is 6.47. The van der Waals surface area contributed by atoms with Gasteiger partial charge in [0.15, 0.2) is 6.29 Å². The number of rotatable bonds is 4. The first-order valence-corrected chi connectivity index (χ1v) is 8.14. The van der Waals surface area contributed by atoms with Crippen molar-refractivity contribution < 1.29 is 19.4 Å². The zero-order chi connectivity index (χ0) is 17.3. The number of aryl methyl sites for hydroxylation is 1. The maximum atomic E-state index is 12.6. The minimum Gasteiger partial charge on any atom is -0.468 e. The quantitative estimate of drug-likeness (QED) is 0.523. The van der Waals surface area contributed by atoms with Crippen molar-refractivity contribution in [2.24, 2.45) is 0 Å². The average molecular weight is 329 g/mol. The number of carbonyl (C=O) groups is 1. The van der Waals surface area contributed by atoms with Crippen LogP contribution in [0.25, 0.3) is 0 Å². The highest BCUT2D eigenvalue weighted by atomic mass is 16.7. The minimum absolute atomic E-state index is 0.0208. The molecule has 1 aliphatic heterocycles. The van der Waals surface area contributed by atoms with Crippen molar-refractivity contribution in [3.63, 3.8) is 0 Å². The van der Waals surface area contributed by atoms with E-state index in [1.807, 2.05) is 12.1 Å². The summed E-state index contributed by atoms with van der Waals surface area (Å²) in [5.74, 6) is -0.0524. The van der Waals surface area contributed by atoms with Crippen molar-refractivity contribution in [3.8, 4) is 0 Å². The summed E-state index contributed by atoms with van der Waals surface area (Å²) >= 11 is 0. The van der Waals surface area contributed by atoms with Crippen molar-refractivity contribution in [1.29, 1.82) is 0 Å². The first-order chi connectivity index (χ1) is 11.5. The lowest BCUT2D eigenvalue weighted by molar-refractivity contribution is -0.155. The predicted molar refractivity (Wildman–Crippen MR) is 90.0 cm³/mol. The lowest BCUT2D eigenvalue weighted by Crippen LogP contribution is -2.26. The molecule has 0 bridgehead atoms. The number of likely N-dealkylation sites (N-methyl/N-ethyl adjacent to an activating group) is 1. The predicted octanol–water partition coefficient (Wildman–Crippen LogP) is 2.33. The second kappa shape index (κ2) is 6.79. The van der Waals surface area contributed by atoms with E-state index in [1.54, 1.807) is 32.0 Å². The summed E-state index contributed by atoms with van der Waals surface area (Å²) < 4.78 is 10.9. The molecule has 0 saturated carbocycles. The molecule has 0 radical (unpaired) electrons. The summed E-state index contributed by atoms with van der Waals surface area (Å²) in [6.07, 6.45) is 3.45. The van der Waals surface area contributed by atoms with Crippen LogP contribution in [0.5, 0.6) is 0 Å². The van der Waals surface area contributed by atoms with Gasteiger partial charge in [-0.2, -0.15) is 0 Å². The fraction of sp³-hybridized carbons (Fsp3) is 0.421. The zero-order valence-corrected chi connectivity index (χ0v) is 14.2. The van der Waals surface area contributed by atoms with Gasteiger partial charge in [0.2, 0.25) is 6.29 Å². The maximum absolute atomic E-state index is 12.6. The van der Waals surface area contributed by atoms with Crippen LogP contribution < -0.4 is 0 Å². The van der Waals surface area contributed by atoms with Gasteiger partial charge in [-0.05, 0) is 42.5 Å². The Hall–Kier alpha value is -2.11. The highest BCUT2D eigenvalue weighted by Gasteiger charge is 2.31. The lowest BCUT2D eigenvalue weighted by Gasteiger charge is -2.20. The zero-order valence-electron chi connectivity index (χ0n) is 14.2. The molecule has 5 nitrogen and oxygen atoms in total. The molecule has 1 N–H and O–H groups in total.